The van der Waals surface area contributed by atoms with Gasteiger partial charge in [0.15, 0.2) is 0 Å². The second kappa shape index (κ2) is 4.82. The van der Waals surface area contributed by atoms with Gasteiger partial charge in [-0.2, -0.15) is 0 Å². The minimum atomic E-state index is 0.234. The van der Waals surface area contributed by atoms with Gasteiger partial charge in [0.2, 0.25) is 0 Å². The second-order valence-corrected chi connectivity index (χ2v) is 6.11. The predicted octanol–water partition coefficient (Wildman–Crippen LogP) is 1.76. The van der Waals surface area contributed by atoms with Crippen molar-refractivity contribution >= 4 is 11.3 Å². The van der Waals surface area contributed by atoms with Gasteiger partial charge in [-0.25, -0.2) is 4.98 Å². The van der Waals surface area contributed by atoms with E-state index in [-0.39, 0.29) is 6.04 Å². The molecule has 1 aromatic rings. The van der Waals surface area contributed by atoms with E-state index in [9.17, 15) is 0 Å². The minimum Gasteiger partial charge on any atom is -0.328 e. The van der Waals surface area contributed by atoms with E-state index in [0.29, 0.717) is 5.92 Å². The van der Waals surface area contributed by atoms with Crippen LogP contribution in [0.3, 0.4) is 0 Å². The first kappa shape index (κ1) is 12.0. The van der Waals surface area contributed by atoms with Crippen LogP contribution in [-0.2, 0) is 6.42 Å². The van der Waals surface area contributed by atoms with Crippen molar-refractivity contribution in [1.82, 2.24) is 9.88 Å². The lowest BCUT2D eigenvalue weighted by Crippen LogP contribution is -2.17. The summed E-state index contributed by atoms with van der Waals surface area (Å²) in [7, 11) is 2.18. The Balaban J connectivity index is 2.11. The monoisotopic (exact) mass is 239 g/mol. The van der Waals surface area contributed by atoms with Crippen molar-refractivity contribution in [2.24, 2.45) is 5.73 Å². The number of aryl methyl sites for hydroxylation is 1. The molecule has 90 valence electrons. The molecule has 2 unspecified atom stereocenters. The van der Waals surface area contributed by atoms with Crippen molar-refractivity contribution in [1.29, 1.82) is 0 Å². The minimum absolute atomic E-state index is 0.234. The molecule has 2 atom stereocenters. The first-order chi connectivity index (χ1) is 7.56. The number of nitrogens with zero attached hydrogens (tertiary/aromatic N) is 2. The molecule has 2 heterocycles. The molecule has 0 radical (unpaired) electrons. The Labute approximate surface area is 102 Å². The number of nitrogens with two attached hydrogens (primary N) is 1. The molecule has 0 aliphatic carbocycles. The van der Waals surface area contributed by atoms with Crippen molar-refractivity contribution in [3.63, 3.8) is 0 Å². The fraction of sp³-hybridized carbons (Fsp3) is 0.750. The summed E-state index contributed by atoms with van der Waals surface area (Å²) >= 11 is 1.87. The number of rotatable bonds is 3. The molecule has 0 aromatic carbocycles. The lowest BCUT2D eigenvalue weighted by molar-refractivity contribution is 0.411. The largest absolute Gasteiger partial charge is 0.328 e. The van der Waals surface area contributed by atoms with Crippen molar-refractivity contribution in [3.05, 3.63) is 15.6 Å². The Hall–Kier alpha value is -0.450. The van der Waals surface area contributed by atoms with Gasteiger partial charge in [0, 0.05) is 23.4 Å². The van der Waals surface area contributed by atoms with Crippen LogP contribution in [0.2, 0.25) is 0 Å². The molecule has 2 N–H and O–H groups in total. The van der Waals surface area contributed by atoms with Crippen molar-refractivity contribution in [2.75, 3.05) is 20.1 Å². The van der Waals surface area contributed by atoms with Crippen molar-refractivity contribution in [2.45, 2.75) is 38.6 Å². The normalized spacial score (nSPS) is 23.9. The third kappa shape index (κ3) is 2.62. The molecule has 4 heteroatoms. The molecule has 0 amide bonds. The van der Waals surface area contributed by atoms with Crippen LogP contribution in [-0.4, -0.2) is 36.1 Å². The first-order valence-corrected chi connectivity index (χ1v) is 6.78. The highest BCUT2D eigenvalue weighted by atomic mass is 32.1. The lowest BCUT2D eigenvalue weighted by Gasteiger charge is -2.06. The second-order valence-electron chi connectivity index (χ2n) is 4.99. The molecule has 1 aliphatic rings. The standard InChI is InChI=1S/C12H21N3S/c1-8(13)6-11-9(2)14-12(16-11)10-4-5-15(3)7-10/h8,10H,4-7,13H2,1-3H3. The van der Waals surface area contributed by atoms with Crippen LogP contribution in [0.1, 0.15) is 34.8 Å². The summed E-state index contributed by atoms with van der Waals surface area (Å²) in [5.74, 6) is 0.649. The van der Waals surface area contributed by atoms with Crippen LogP contribution in [0.15, 0.2) is 0 Å². The summed E-state index contributed by atoms with van der Waals surface area (Å²) in [6.07, 6.45) is 2.22. The molecule has 2 rings (SSSR count). The number of hydrogen-bond acceptors (Lipinski definition) is 4. The number of thiazole rings is 1. The molecule has 0 saturated carbocycles. The maximum atomic E-state index is 5.85. The molecule has 0 spiro atoms. The zero-order valence-electron chi connectivity index (χ0n) is 10.4. The zero-order chi connectivity index (χ0) is 11.7. The molecule has 16 heavy (non-hydrogen) atoms. The van der Waals surface area contributed by atoms with Crippen LogP contribution >= 0.6 is 11.3 Å². The van der Waals surface area contributed by atoms with Crippen LogP contribution < -0.4 is 5.73 Å². The van der Waals surface area contributed by atoms with Crippen molar-refractivity contribution < 1.29 is 0 Å². The van der Waals surface area contributed by atoms with E-state index in [1.54, 1.807) is 0 Å². The van der Waals surface area contributed by atoms with Gasteiger partial charge in [-0.05, 0) is 40.3 Å². The van der Waals surface area contributed by atoms with Gasteiger partial charge < -0.3 is 10.6 Å². The van der Waals surface area contributed by atoms with E-state index in [0.717, 1.165) is 13.0 Å². The van der Waals surface area contributed by atoms with Gasteiger partial charge in [0.05, 0.1) is 10.7 Å². The molecule has 1 saturated heterocycles. The van der Waals surface area contributed by atoms with Gasteiger partial charge in [0.1, 0.15) is 0 Å². The maximum absolute atomic E-state index is 5.85. The van der Waals surface area contributed by atoms with E-state index in [1.165, 1.54) is 28.5 Å². The molecule has 0 bridgehead atoms. The fourth-order valence-corrected chi connectivity index (χ4v) is 3.58. The predicted molar refractivity (Wildman–Crippen MR) is 69.1 cm³/mol. The topological polar surface area (TPSA) is 42.2 Å². The van der Waals surface area contributed by atoms with E-state index >= 15 is 0 Å². The Kier molecular flexibility index (Phi) is 3.62. The SMILES string of the molecule is Cc1nc(C2CCN(C)C2)sc1CC(C)N. The summed E-state index contributed by atoms with van der Waals surface area (Å²) in [6.45, 7) is 6.52. The molecule has 3 nitrogen and oxygen atoms in total. The highest BCUT2D eigenvalue weighted by Crippen LogP contribution is 2.31. The van der Waals surface area contributed by atoms with E-state index < -0.39 is 0 Å². The Bertz CT molecular complexity index is 359. The first-order valence-electron chi connectivity index (χ1n) is 5.96. The highest BCUT2D eigenvalue weighted by molar-refractivity contribution is 7.11. The molecule has 1 aromatic heterocycles. The average Bonchev–Trinajstić information content (AvgIpc) is 2.74. The third-order valence-corrected chi connectivity index (χ3v) is 4.50. The zero-order valence-corrected chi connectivity index (χ0v) is 11.2. The Morgan fingerprint density at radius 3 is 2.94 bits per heavy atom. The van der Waals surface area contributed by atoms with Crippen molar-refractivity contribution in [3.8, 4) is 0 Å². The molecular formula is C12H21N3S. The van der Waals surface area contributed by atoms with Gasteiger partial charge in [0.25, 0.3) is 0 Å². The molecule has 1 fully saturated rings. The number of aromatic nitrogens is 1. The van der Waals surface area contributed by atoms with Crippen LogP contribution in [0, 0.1) is 6.92 Å². The summed E-state index contributed by atoms with van der Waals surface area (Å²) in [5, 5.41) is 1.32. The quantitative estimate of drug-likeness (QED) is 0.874. The van der Waals surface area contributed by atoms with Crippen LogP contribution in [0.25, 0.3) is 0 Å². The summed E-state index contributed by atoms with van der Waals surface area (Å²) in [6, 6.07) is 0.234. The van der Waals surface area contributed by atoms with E-state index in [4.69, 9.17) is 10.7 Å². The summed E-state index contributed by atoms with van der Waals surface area (Å²) < 4.78 is 0. The Morgan fingerprint density at radius 2 is 2.38 bits per heavy atom. The smallest absolute Gasteiger partial charge is 0.0975 e. The van der Waals surface area contributed by atoms with Gasteiger partial charge in [-0.1, -0.05) is 0 Å². The van der Waals surface area contributed by atoms with Crippen LogP contribution in [0.5, 0.6) is 0 Å². The summed E-state index contributed by atoms with van der Waals surface area (Å²) in [4.78, 5) is 8.47. The van der Waals surface area contributed by atoms with Crippen LogP contribution in [0.4, 0.5) is 0 Å². The molecular weight excluding hydrogens is 218 g/mol. The number of hydrogen-bond donors (Lipinski definition) is 1. The number of likely N-dealkylation sites (tertiary alicyclic amines) is 1. The van der Waals surface area contributed by atoms with E-state index in [2.05, 4.69) is 25.8 Å². The van der Waals surface area contributed by atoms with Gasteiger partial charge in [-0.3, -0.25) is 0 Å². The fourth-order valence-electron chi connectivity index (χ4n) is 2.24. The third-order valence-electron chi connectivity index (χ3n) is 3.16. The number of likely N-dealkylation sites (N-methyl/N-ethyl adjacent to an activating group) is 1. The van der Waals surface area contributed by atoms with E-state index in [1.807, 2.05) is 11.3 Å². The Morgan fingerprint density at radius 1 is 1.62 bits per heavy atom. The highest BCUT2D eigenvalue weighted by Gasteiger charge is 2.24. The summed E-state index contributed by atoms with van der Waals surface area (Å²) in [5.41, 5.74) is 7.04. The lowest BCUT2D eigenvalue weighted by atomic mass is 10.1. The van der Waals surface area contributed by atoms with Gasteiger partial charge in [-0.15, -0.1) is 11.3 Å². The van der Waals surface area contributed by atoms with Gasteiger partial charge >= 0.3 is 0 Å². The average molecular weight is 239 g/mol. The molecule has 1 aliphatic heterocycles. The maximum Gasteiger partial charge on any atom is 0.0975 e.